The third kappa shape index (κ3) is 4.14. The fraction of sp³-hybridized carbons (Fsp3) is 0.483. The van der Waals surface area contributed by atoms with E-state index in [4.69, 9.17) is 18.9 Å². The lowest BCUT2D eigenvalue weighted by molar-refractivity contribution is 0.0141. The molecule has 2 atom stereocenters. The predicted molar refractivity (Wildman–Crippen MR) is 137 cm³/mol. The van der Waals surface area contributed by atoms with Gasteiger partial charge in [-0.3, -0.25) is 9.69 Å². The van der Waals surface area contributed by atoms with E-state index in [1.807, 2.05) is 30.3 Å². The van der Waals surface area contributed by atoms with E-state index in [1.54, 1.807) is 20.3 Å². The first-order chi connectivity index (χ1) is 17.7. The van der Waals surface area contributed by atoms with Crippen LogP contribution in [0.1, 0.15) is 53.6 Å². The van der Waals surface area contributed by atoms with Crippen molar-refractivity contribution in [2.45, 2.75) is 44.7 Å². The SMILES string of the molecule is COc1cccc(/C=C2\Oc3c(ccc4c3CN(C[C@@H]3CCCN5CCCC[C@H]35)CO4)C2=O)c1OC. The molecule has 4 aliphatic heterocycles. The number of carbonyl (C=O) groups excluding carboxylic acids is 1. The first-order valence-corrected chi connectivity index (χ1v) is 13.1. The zero-order valence-corrected chi connectivity index (χ0v) is 21.1. The number of ether oxygens (including phenoxy) is 4. The minimum absolute atomic E-state index is 0.125. The molecule has 4 heterocycles. The third-order valence-corrected chi connectivity index (χ3v) is 8.12. The van der Waals surface area contributed by atoms with Gasteiger partial charge in [-0.1, -0.05) is 18.6 Å². The lowest BCUT2D eigenvalue weighted by Crippen LogP contribution is -2.51. The van der Waals surface area contributed by atoms with Crippen LogP contribution in [-0.2, 0) is 6.54 Å². The van der Waals surface area contributed by atoms with Crippen molar-refractivity contribution < 1.29 is 23.7 Å². The summed E-state index contributed by atoms with van der Waals surface area (Å²) in [6.45, 7) is 4.81. The summed E-state index contributed by atoms with van der Waals surface area (Å²) in [7, 11) is 3.19. The Balaban J connectivity index is 1.24. The Hall–Kier alpha value is -3.03. The monoisotopic (exact) mass is 490 g/mol. The molecule has 7 heteroatoms. The Morgan fingerprint density at radius 1 is 1.06 bits per heavy atom. The normalized spacial score (nSPS) is 24.9. The number of hydrogen-bond acceptors (Lipinski definition) is 7. The summed E-state index contributed by atoms with van der Waals surface area (Å²) in [6, 6.07) is 10.00. The number of benzene rings is 2. The molecule has 2 aromatic carbocycles. The van der Waals surface area contributed by atoms with E-state index in [2.05, 4.69) is 9.80 Å². The number of hydrogen-bond donors (Lipinski definition) is 0. The number of Topliss-reactive ketones (excluding diaryl/α,β-unsaturated/α-hetero) is 1. The summed E-state index contributed by atoms with van der Waals surface area (Å²) in [5, 5.41) is 0. The predicted octanol–water partition coefficient (Wildman–Crippen LogP) is 4.74. The standard InChI is InChI=1S/C29H34N2O5/c1-33-25-10-5-7-19(28(25)34-2)15-26-27(32)21-11-12-24-22(29(21)36-26)17-30(18-35-24)16-20-8-6-14-31-13-4-3-9-23(20)31/h5,7,10-12,15,20,23H,3-4,6,8-9,13-14,16-18H2,1-2H3/b26-15-/t20-,23+/m0/s1. The maximum atomic E-state index is 13.3. The molecular formula is C29H34N2O5. The van der Waals surface area contributed by atoms with E-state index in [9.17, 15) is 4.79 Å². The number of para-hydroxylation sites is 1. The van der Waals surface area contributed by atoms with Crippen molar-refractivity contribution >= 4 is 11.9 Å². The van der Waals surface area contributed by atoms with Crippen molar-refractivity contribution in [1.82, 2.24) is 9.80 Å². The first-order valence-electron chi connectivity index (χ1n) is 13.1. The highest BCUT2D eigenvalue weighted by Gasteiger charge is 2.37. The lowest BCUT2D eigenvalue weighted by Gasteiger charge is -2.46. The molecule has 0 aliphatic carbocycles. The van der Waals surface area contributed by atoms with E-state index in [-0.39, 0.29) is 11.5 Å². The van der Waals surface area contributed by atoms with Crippen molar-refractivity contribution in [2.75, 3.05) is 40.6 Å². The molecule has 0 unspecified atom stereocenters. The summed E-state index contributed by atoms with van der Waals surface area (Å²) in [4.78, 5) is 18.4. The van der Waals surface area contributed by atoms with Crippen molar-refractivity contribution in [3.05, 3.63) is 52.8 Å². The van der Waals surface area contributed by atoms with Gasteiger partial charge in [0, 0.05) is 24.7 Å². The minimum atomic E-state index is -0.125. The molecule has 0 saturated carbocycles. The Bertz CT molecular complexity index is 1190. The van der Waals surface area contributed by atoms with Gasteiger partial charge in [-0.2, -0.15) is 0 Å². The molecule has 190 valence electrons. The Kier molecular flexibility index (Phi) is 6.36. The molecule has 36 heavy (non-hydrogen) atoms. The first kappa shape index (κ1) is 23.4. The summed E-state index contributed by atoms with van der Waals surface area (Å²) >= 11 is 0. The average molecular weight is 491 g/mol. The van der Waals surface area contributed by atoms with Crippen LogP contribution in [0.25, 0.3) is 6.08 Å². The number of nitrogens with zero attached hydrogens (tertiary/aromatic N) is 2. The van der Waals surface area contributed by atoms with Crippen LogP contribution in [0.2, 0.25) is 0 Å². The van der Waals surface area contributed by atoms with Crippen LogP contribution in [0.3, 0.4) is 0 Å². The van der Waals surface area contributed by atoms with Crippen molar-refractivity contribution in [3.63, 3.8) is 0 Å². The Labute approximate surface area is 212 Å². The molecule has 0 radical (unpaired) electrons. The minimum Gasteiger partial charge on any atom is -0.493 e. The molecule has 6 rings (SSSR count). The molecule has 0 amide bonds. The molecule has 4 aliphatic rings. The second-order valence-electron chi connectivity index (χ2n) is 10.2. The number of rotatable bonds is 5. The number of fused-ring (bicyclic) bond motifs is 4. The summed E-state index contributed by atoms with van der Waals surface area (Å²) in [6.07, 6.45) is 8.27. The van der Waals surface area contributed by atoms with Gasteiger partial charge in [0.15, 0.2) is 17.3 Å². The van der Waals surface area contributed by atoms with E-state index in [0.717, 1.165) is 30.0 Å². The van der Waals surface area contributed by atoms with Gasteiger partial charge in [-0.05, 0) is 69.0 Å². The van der Waals surface area contributed by atoms with Gasteiger partial charge in [-0.15, -0.1) is 0 Å². The molecule has 0 bridgehead atoms. The zero-order valence-electron chi connectivity index (χ0n) is 21.1. The van der Waals surface area contributed by atoms with Gasteiger partial charge in [0.05, 0.1) is 25.3 Å². The van der Waals surface area contributed by atoms with Crippen molar-refractivity contribution in [2.24, 2.45) is 5.92 Å². The van der Waals surface area contributed by atoms with Gasteiger partial charge >= 0.3 is 0 Å². The van der Waals surface area contributed by atoms with Crippen LogP contribution in [0.5, 0.6) is 23.0 Å². The van der Waals surface area contributed by atoms with Gasteiger partial charge in [0.25, 0.3) is 0 Å². The Morgan fingerprint density at radius 3 is 2.81 bits per heavy atom. The summed E-state index contributed by atoms with van der Waals surface area (Å²) < 4.78 is 23.3. The second kappa shape index (κ2) is 9.79. The Morgan fingerprint density at radius 2 is 1.94 bits per heavy atom. The molecule has 7 nitrogen and oxygen atoms in total. The van der Waals surface area contributed by atoms with Gasteiger partial charge in [0.2, 0.25) is 5.78 Å². The van der Waals surface area contributed by atoms with E-state index < -0.39 is 0 Å². The number of allylic oxidation sites excluding steroid dienone is 1. The fourth-order valence-corrected chi connectivity index (χ4v) is 6.41. The molecule has 2 saturated heterocycles. The van der Waals surface area contributed by atoms with Crippen LogP contribution in [0.15, 0.2) is 36.1 Å². The van der Waals surface area contributed by atoms with Crippen LogP contribution >= 0.6 is 0 Å². The average Bonchev–Trinajstić information content (AvgIpc) is 3.24. The molecule has 2 fully saturated rings. The van der Waals surface area contributed by atoms with E-state index in [1.165, 1.54) is 45.2 Å². The summed E-state index contributed by atoms with van der Waals surface area (Å²) in [5.41, 5.74) is 2.28. The molecular weight excluding hydrogens is 456 g/mol. The number of carbonyl (C=O) groups is 1. The van der Waals surface area contributed by atoms with Gasteiger partial charge in [0.1, 0.15) is 18.2 Å². The number of piperidine rings is 2. The molecule has 0 N–H and O–H groups in total. The summed E-state index contributed by atoms with van der Waals surface area (Å²) in [5.74, 6) is 3.43. The molecule has 0 spiro atoms. The largest absolute Gasteiger partial charge is 0.493 e. The highest BCUT2D eigenvalue weighted by atomic mass is 16.5. The highest BCUT2D eigenvalue weighted by Crippen LogP contribution is 2.43. The molecule has 0 aromatic heterocycles. The highest BCUT2D eigenvalue weighted by molar-refractivity contribution is 6.15. The third-order valence-electron chi connectivity index (χ3n) is 8.12. The number of methoxy groups -OCH3 is 2. The smallest absolute Gasteiger partial charge is 0.231 e. The van der Waals surface area contributed by atoms with Crippen LogP contribution in [0.4, 0.5) is 0 Å². The topological polar surface area (TPSA) is 60.5 Å². The van der Waals surface area contributed by atoms with Crippen LogP contribution in [-0.4, -0.2) is 62.2 Å². The number of ketones is 1. The van der Waals surface area contributed by atoms with Crippen molar-refractivity contribution in [3.8, 4) is 23.0 Å². The second-order valence-corrected chi connectivity index (χ2v) is 10.2. The molecule has 2 aromatic rings. The van der Waals surface area contributed by atoms with E-state index >= 15 is 0 Å². The maximum absolute atomic E-state index is 13.3. The quantitative estimate of drug-likeness (QED) is 0.561. The maximum Gasteiger partial charge on any atom is 0.231 e. The lowest BCUT2D eigenvalue weighted by atomic mass is 9.83. The zero-order chi connectivity index (χ0) is 24.6. The van der Waals surface area contributed by atoms with Crippen molar-refractivity contribution in [1.29, 1.82) is 0 Å². The fourth-order valence-electron chi connectivity index (χ4n) is 6.41. The van der Waals surface area contributed by atoms with Crippen LogP contribution < -0.4 is 18.9 Å². The van der Waals surface area contributed by atoms with Crippen LogP contribution in [0, 0.1) is 5.92 Å². The van der Waals surface area contributed by atoms with E-state index in [0.29, 0.717) is 41.5 Å². The van der Waals surface area contributed by atoms with Gasteiger partial charge in [-0.25, -0.2) is 0 Å². The van der Waals surface area contributed by atoms with Gasteiger partial charge < -0.3 is 23.8 Å².